The Morgan fingerprint density at radius 2 is 1.81 bits per heavy atom. The van der Waals surface area contributed by atoms with E-state index in [2.05, 4.69) is 15.5 Å². The summed E-state index contributed by atoms with van der Waals surface area (Å²) in [6.07, 6.45) is 0.623. The molecule has 0 atom stereocenters. The summed E-state index contributed by atoms with van der Waals surface area (Å²) in [6, 6.07) is 17.4. The van der Waals surface area contributed by atoms with E-state index in [1.807, 2.05) is 71.5 Å². The van der Waals surface area contributed by atoms with E-state index in [-0.39, 0.29) is 18.3 Å². The number of nitrogens with one attached hydrogen (secondary N) is 1. The number of anilines is 1. The maximum absolute atomic E-state index is 12.9. The summed E-state index contributed by atoms with van der Waals surface area (Å²) in [6.45, 7) is 4.71. The van der Waals surface area contributed by atoms with Crippen molar-refractivity contribution in [2.45, 2.75) is 32.0 Å². The predicted octanol–water partition coefficient (Wildman–Crippen LogP) is 5.53. The number of amides is 1. The molecule has 37 heavy (non-hydrogen) atoms. The van der Waals surface area contributed by atoms with Crippen LogP contribution in [0, 0.1) is 0 Å². The van der Waals surface area contributed by atoms with Crippen LogP contribution in [0.15, 0.2) is 65.1 Å². The van der Waals surface area contributed by atoms with Gasteiger partial charge in [-0.25, -0.2) is 4.79 Å². The fourth-order valence-corrected chi connectivity index (χ4v) is 5.57. The summed E-state index contributed by atoms with van der Waals surface area (Å²) in [4.78, 5) is 25.6. The zero-order chi connectivity index (χ0) is 26.2. The number of esters is 1. The Kier molecular flexibility index (Phi) is 8.97. The van der Waals surface area contributed by atoms with Crippen molar-refractivity contribution < 1.29 is 19.1 Å². The third-order valence-corrected chi connectivity index (χ3v) is 7.43. The minimum Gasteiger partial charge on any atom is -0.497 e. The highest BCUT2D eigenvalue weighted by atomic mass is 32.2. The molecule has 2 aromatic heterocycles. The molecule has 1 amide bonds. The number of thiophene rings is 1. The summed E-state index contributed by atoms with van der Waals surface area (Å²) in [7, 11) is 1.64. The number of thioether (sulfide) groups is 1. The second kappa shape index (κ2) is 12.6. The van der Waals surface area contributed by atoms with Crippen molar-refractivity contribution in [1.82, 2.24) is 14.8 Å². The third-order valence-electron chi connectivity index (χ3n) is 5.57. The molecule has 0 unspecified atom stereocenters. The molecular weight excluding hydrogens is 508 g/mol. The Labute approximate surface area is 224 Å². The van der Waals surface area contributed by atoms with Crippen molar-refractivity contribution in [3.05, 3.63) is 76.9 Å². The molecule has 0 aliphatic carbocycles. The van der Waals surface area contributed by atoms with E-state index in [1.54, 1.807) is 14.0 Å². The number of methoxy groups -OCH3 is 1. The lowest BCUT2D eigenvalue weighted by Crippen LogP contribution is -2.17. The Morgan fingerprint density at radius 3 is 2.49 bits per heavy atom. The van der Waals surface area contributed by atoms with E-state index in [0.29, 0.717) is 28.7 Å². The smallest absolute Gasteiger partial charge is 0.341 e. The van der Waals surface area contributed by atoms with Gasteiger partial charge < -0.3 is 19.4 Å². The van der Waals surface area contributed by atoms with Gasteiger partial charge in [0.15, 0.2) is 5.16 Å². The van der Waals surface area contributed by atoms with Crippen molar-refractivity contribution >= 4 is 40.0 Å². The summed E-state index contributed by atoms with van der Waals surface area (Å²) < 4.78 is 12.5. The molecule has 0 spiro atoms. The molecule has 0 aliphatic heterocycles. The van der Waals surface area contributed by atoms with Crippen LogP contribution in [-0.4, -0.2) is 46.1 Å². The number of hydrogen-bond acceptors (Lipinski definition) is 8. The predicted molar refractivity (Wildman–Crippen MR) is 147 cm³/mol. The first-order valence-corrected chi connectivity index (χ1v) is 13.7. The second-order valence-corrected chi connectivity index (χ2v) is 9.77. The van der Waals surface area contributed by atoms with Gasteiger partial charge in [0.25, 0.3) is 0 Å². The van der Waals surface area contributed by atoms with Crippen molar-refractivity contribution in [1.29, 1.82) is 0 Å². The molecule has 10 heteroatoms. The van der Waals surface area contributed by atoms with Crippen molar-refractivity contribution in [2.75, 3.05) is 24.8 Å². The minimum atomic E-state index is -0.459. The van der Waals surface area contributed by atoms with Crippen LogP contribution in [0.2, 0.25) is 0 Å². The lowest BCUT2D eigenvalue weighted by Gasteiger charge is -2.09. The molecule has 0 fully saturated rings. The first kappa shape index (κ1) is 26.4. The molecule has 0 saturated carbocycles. The number of carbonyl (C=O) groups is 2. The van der Waals surface area contributed by atoms with Crippen LogP contribution >= 0.6 is 23.1 Å². The summed E-state index contributed by atoms with van der Waals surface area (Å²) in [5.41, 5.74) is 3.09. The quantitative estimate of drug-likeness (QED) is 0.199. The summed E-state index contributed by atoms with van der Waals surface area (Å²) in [5, 5.41) is 14.6. The maximum Gasteiger partial charge on any atom is 0.341 e. The van der Waals surface area contributed by atoms with E-state index in [0.717, 1.165) is 28.3 Å². The normalized spacial score (nSPS) is 10.8. The zero-order valence-corrected chi connectivity index (χ0v) is 22.5. The molecule has 4 rings (SSSR count). The fourth-order valence-electron chi connectivity index (χ4n) is 3.78. The van der Waals surface area contributed by atoms with Crippen LogP contribution in [0.1, 0.15) is 35.6 Å². The standard InChI is InChI=1S/C27H28N4O4S2/c1-4-31-22(15-18-11-13-20(34-3)14-12-18)29-30-27(31)37-17-23(32)28-25-24(26(33)35-5-2)21(16-36-25)19-9-7-6-8-10-19/h6-14,16H,4-5,15,17H2,1-3H3,(H,28,32). The molecule has 8 nitrogen and oxygen atoms in total. The molecule has 1 N–H and O–H groups in total. The number of benzene rings is 2. The van der Waals surface area contributed by atoms with Gasteiger partial charge in [-0.15, -0.1) is 21.5 Å². The van der Waals surface area contributed by atoms with Crippen LogP contribution in [-0.2, 0) is 22.5 Å². The third kappa shape index (κ3) is 6.39. The minimum absolute atomic E-state index is 0.126. The van der Waals surface area contributed by atoms with Gasteiger partial charge in [0.2, 0.25) is 5.91 Å². The van der Waals surface area contributed by atoms with Gasteiger partial charge in [-0.2, -0.15) is 0 Å². The number of rotatable bonds is 11. The highest BCUT2D eigenvalue weighted by Gasteiger charge is 2.23. The average molecular weight is 537 g/mol. The Bertz CT molecular complexity index is 1350. The van der Waals surface area contributed by atoms with Gasteiger partial charge in [-0.05, 0) is 37.1 Å². The largest absolute Gasteiger partial charge is 0.497 e. The lowest BCUT2D eigenvalue weighted by atomic mass is 10.0. The monoisotopic (exact) mass is 536 g/mol. The lowest BCUT2D eigenvalue weighted by molar-refractivity contribution is -0.113. The molecule has 4 aromatic rings. The van der Waals surface area contributed by atoms with Crippen LogP contribution in [0.5, 0.6) is 5.75 Å². The SMILES string of the molecule is CCOC(=O)c1c(-c2ccccc2)csc1NC(=O)CSc1nnc(Cc2ccc(OC)cc2)n1CC. The van der Waals surface area contributed by atoms with E-state index in [9.17, 15) is 9.59 Å². The summed E-state index contributed by atoms with van der Waals surface area (Å²) >= 11 is 2.62. The molecule has 0 saturated heterocycles. The molecular formula is C27H28N4O4S2. The van der Waals surface area contributed by atoms with E-state index < -0.39 is 5.97 Å². The molecule has 2 aromatic carbocycles. The van der Waals surface area contributed by atoms with Crippen LogP contribution in [0.3, 0.4) is 0 Å². The Morgan fingerprint density at radius 1 is 1.05 bits per heavy atom. The summed E-state index contributed by atoms with van der Waals surface area (Å²) in [5.74, 6) is 1.06. The van der Waals surface area contributed by atoms with Crippen molar-refractivity contribution in [3.8, 4) is 16.9 Å². The van der Waals surface area contributed by atoms with E-state index >= 15 is 0 Å². The van der Waals surface area contributed by atoms with Gasteiger partial charge >= 0.3 is 5.97 Å². The Hall–Kier alpha value is -3.63. The zero-order valence-electron chi connectivity index (χ0n) is 20.9. The van der Waals surface area contributed by atoms with Crippen LogP contribution in [0.25, 0.3) is 11.1 Å². The number of aromatic nitrogens is 3. The van der Waals surface area contributed by atoms with Crippen molar-refractivity contribution in [2.24, 2.45) is 0 Å². The van der Waals surface area contributed by atoms with E-state index in [4.69, 9.17) is 9.47 Å². The topological polar surface area (TPSA) is 95.3 Å². The molecule has 0 radical (unpaired) electrons. The number of hydrogen-bond donors (Lipinski definition) is 1. The second-order valence-electron chi connectivity index (χ2n) is 7.94. The van der Waals surface area contributed by atoms with Gasteiger partial charge in [0.05, 0.1) is 19.5 Å². The first-order chi connectivity index (χ1) is 18.0. The van der Waals surface area contributed by atoms with Gasteiger partial charge in [-0.3, -0.25) is 4.79 Å². The van der Waals surface area contributed by atoms with Gasteiger partial charge in [0.1, 0.15) is 22.1 Å². The highest BCUT2D eigenvalue weighted by molar-refractivity contribution is 7.99. The molecule has 192 valence electrons. The average Bonchev–Trinajstić information content (AvgIpc) is 3.52. The Balaban J connectivity index is 1.45. The molecule has 0 bridgehead atoms. The number of carbonyl (C=O) groups excluding carboxylic acids is 2. The number of ether oxygens (including phenoxy) is 2. The van der Waals surface area contributed by atoms with Crippen LogP contribution < -0.4 is 10.1 Å². The fraction of sp³-hybridized carbons (Fsp3) is 0.259. The first-order valence-electron chi connectivity index (χ1n) is 11.9. The van der Waals surface area contributed by atoms with Crippen molar-refractivity contribution in [3.63, 3.8) is 0 Å². The molecule has 2 heterocycles. The number of nitrogens with zero attached hydrogens (tertiary/aromatic N) is 3. The van der Waals surface area contributed by atoms with Gasteiger partial charge in [-0.1, -0.05) is 54.2 Å². The highest BCUT2D eigenvalue weighted by Crippen LogP contribution is 2.36. The van der Waals surface area contributed by atoms with Crippen LogP contribution in [0.4, 0.5) is 5.00 Å². The maximum atomic E-state index is 12.9. The van der Waals surface area contributed by atoms with E-state index in [1.165, 1.54) is 23.1 Å². The van der Waals surface area contributed by atoms with Gasteiger partial charge in [0, 0.05) is 23.9 Å². The molecule has 0 aliphatic rings.